The van der Waals surface area contributed by atoms with Gasteiger partial charge in [-0.05, 0) is 38.2 Å². The van der Waals surface area contributed by atoms with E-state index < -0.39 is 32.2 Å². The second-order valence-corrected chi connectivity index (χ2v) is 6.80. The number of anilines is 1. The number of benzene rings is 1. The maximum atomic E-state index is 13.6. The molecule has 0 aromatic heterocycles. The van der Waals surface area contributed by atoms with Crippen LogP contribution in [0.5, 0.6) is 0 Å². The maximum absolute atomic E-state index is 13.6. The fraction of sp³-hybridized carbons (Fsp3) is 0.429. The molecule has 0 saturated heterocycles. The fourth-order valence-electron chi connectivity index (χ4n) is 2.31. The van der Waals surface area contributed by atoms with Gasteiger partial charge in [-0.2, -0.15) is 0 Å². The Hall–Kier alpha value is -1.47. The highest BCUT2D eigenvalue weighted by Crippen LogP contribution is 2.22. The zero-order chi connectivity index (χ0) is 15.5. The molecular formula is C14H18F2N2O2S. The topological polar surface area (TPSA) is 72.2 Å². The first-order chi connectivity index (χ1) is 9.90. The van der Waals surface area contributed by atoms with Gasteiger partial charge in [0.15, 0.2) is 0 Å². The van der Waals surface area contributed by atoms with Gasteiger partial charge in [0.05, 0.1) is 5.69 Å². The molecule has 1 aromatic carbocycles. The summed E-state index contributed by atoms with van der Waals surface area (Å²) in [5, 5.41) is 0. The van der Waals surface area contributed by atoms with Crippen molar-refractivity contribution < 1.29 is 17.2 Å². The smallest absolute Gasteiger partial charge is 0.243 e. The van der Waals surface area contributed by atoms with Crippen LogP contribution in [-0.2, 0) is 10.0 Å². The highest BCUT2D eigenvalue weighted by atomic mass is 32.2. The van der Waals surface area contributed by atoms with Crippen LogP contribution in [-0.4, -0.2) is 15.0 Å². The number of rotatable bonds is 5. The highest BCUT2D eigenvalue weighted by molar-refractivity contribution is 7.89. The molecule has 1 aromatic rings. The lowest BCUT2D eigenvalue weighted by Crippen LogP contribution is -2.26. The van der Waals surface area contributed by atoms with E-state index in [1.807, 2.05) is 0 Å². The van der Waals surface area contributed by atoms with E-state index in [-0.39, 0.29) is 6.54 Å². The first kappa shape index (κ1) is 15.9. The summed E-state index contributed by atoms with van der Waals surface area (Å²) in [5.41, 5.74) is 6.10. The average molecular weight is 316 g/mol. The lowest BCUT2D eigenvalue weighted by Gasteiger charge is -2.13. The van der Waals surface area contributed by atoms with Crippen molar-refractivity contribution in [3.05, 3.63) is 35.4 Å². The lowest BCUT2D eigenvalue weighted by atomic mass is 9.97. The van der Waals surface area contributed by atoms with Gasteiger partial charge in [-0.1, -0.05) is 11.6 Å². The molecule has 0 radical (unpaired) electrons. The van der Waals surface area contributed by atoms with Crippen LogP contribution < -0.4 is 10.5 Å². The Morgan fingerprint density at radius 2 is 1.95 bits per heavy atom. The molecule has 0 spiro atoms. The molecule has 0 fully saturated rings. The molecule has 21 heavy (non-hydrogen) atoms. The summed E-state index contributed by atoms with van der Waals surface area (Å²) >= 11 is 0. The van der Waals surface area contributed by atoms with Gasteiger partial charge >= 0.3 is 0 Å². The summed E-state index contributed by atoms with van der Waals surface area (Å²) < 4.78 is 53.0. The number of nitrogens with one attached hydrogen (secondary N) is 1. The number of hydrogen-bond donors (Lipinski definition) is 2. The van der Waals surface area contributed by atoms with Gasteiger partial charge in [0, 0.05) is 12.6 Å². The molecule has 4 nitrogen and oxygen atoms in total. The first-order valence-corrected chi connectivity index (χ1v) is 8.30. The third kappa shape index (κ3) is 4.01. The van der Waals surface area contributed by atoms with E-state index in [1.54, 1.807) is 0 Å². The molecule has 1 aliphatic rings. The van der Waals surface area contributed by atoms with Crippen molar-refractivity contribution in [3.8, 4) is 0 Å². The van der Waals surface area contributed by atoms with Gasteiger partial charge in [0.25, 0.3) is 0 Å². The zero-order valence-corrected chi connectivity index (χ0v) is 12.3. The fourth-order valence-corrected chi connectivity index (χ4v) is 3.43. The van der Waals surface area contributed by atoms with Crippen LogP contribution in [0.1, 0.15) is 32.1 Å². The molecule has 2 rings (SSSR count). The predicted molar refractivity (Wildman–Crippen MR) is 77.1 cm³/mol. The highest BCUT2D eigenvalue weighted by Gasteiger charge is 2.21. The third-order valence-corrected chi connectivity index (χ3v) is 4.94. The van der Waals surface area contributed by atoms with Crippen LogP contribution in [0.4, 0.5) is 14.5 Å². The molecular weight excluding hydrogens is 298 g/mol. The first-order valence-electron chi connectivity index (χ1n) is 6.82. The minimum atomic E-state index is -4.03. The Morgan fingerprint density at radius 1 is 1.19 bits per heavy atom. The molecule has 0 bridgehead atoms. The minimum Gasteiger partial charge on any atom is -0.396 e. The summed E-state index contributed by atoms with van der Waals surface area (Å²) in [6.07, 6.45) is 6.98. The van der Waals surface area contributed by atoms with Crippen molar-refractivity contribution in [1.82, 2.24) is 4.72 Å². The monoisotopic (exact) mass is 316 g/mol. The van der Waals surface area contributed by atoms with Crippen molar-refractivity contribution in [1.29, 1.82) is 0 Å². The summed E-state index contributed by atoms with van der Waals surface area (Å²) in [6.45, 7) is 0.185. The summed E-state index contributed by atoms with van der Waals surface area (Å²) in [6, 6.07) is 1.28. The van der Waals surface area contributed by atoms with Crippen molar-refractivity contribution in [3.63, 3.8) is 0 Å². The normalized spacial score (nSPS) is 15.8. The third-order valence-electron chi connectivity index (χ3n) is 3.46. The Morgan fingerprint density at radius 3 is 2.62 bits per heavy atom. The van der Waals surface area contributed by atoms with Gasteiger partial charge in [-0.15, -0.1) is 0 Å². The van der Waals surface area contributed by atoms with Gasteiger partial charge in [-0.3, -0.25) is 0 Å². The molecule has 3 N–H and O–H groups in total. The van der Waals surface area contributed by atoms with E-state index in [9.17, 15) is 17.2 Å². The van der Waals surface area contributed by atoms with E-state index in [0.29, 0.717) is 12.5 Å². The molecule has 0 heterocycles. The Kier molecular flexibility index (Phi) is 4.95. The lowest BCUT2D eigenvalue weighted by molar-refractivity contribution is 0.544. The Labute approximate surface area is 123 Å². The number of allylic oxidation sites excluding steroid dienone is 1. The molecule has 0 aliphatic heterocycles. The molecule has 116 valence electrons. The van der Waals surface area contributed by atoms with E-state index in [4.69, 9.17) is 5.73 Å². The number of halogens is 2. The van der Waals surface area contributed by atoms with Crippen molar-refractivity contribution in [2.24, 2.45) is 0 Å². The maximum Gasteiger partial charge on any atom is 0.243 e. The van der Waals surface area contributed by atoms with Crippen molar-refractivity contribution >= 4 is 15.7 Å². The molecule has 0 amide bonds. The SMILES string of the molecule is Nc1cc(S(=O)(=O)NCCC2=CCCCC2)c(F)cc1F. The molecule has 0 unspecified atom stereocenters. The minimum absolute atomic E-state index is 0.185. The van der Waals surface area contributed by atoms with Crippen LogP contribution in [0.3, 0.4) is 0 Å². The second kappa shape index (κ2) is 6.53. The Bertz CT molecular complexity index is 657. The van der Waals surface area contributed by atoms with E-state index in [2.05, 4.69) is 10.8 Å². The number of sulfonamides is 1. The predicted octanol–water partition coefficient (Wildman–Crippen LogP) is 2.72. The van der Waals surface area contributed by atoms with Crippen LogP contribution in [0, 0.1) is 11.6 Å². The van der Waals surface area contributed by atoms with Gasteiger partial charge in [0.2, 0.25) is 10.0 Å². The molecule has 7 heteroatoms. The van der Waals surface area contributed by atoms with Gasteiger partial charge in [-0.25, -0.2) is 21.9 Å². The molecule has 1 aliphatic carbocycles. The van der Waals surface area contributed by atoms with E-state index in [1.165, 1.54) is 5.57 Å². The molecule has 0 saturated carbocycles. The summed E-state index contributed by atoms with van der Waals surface area (Å²) in [7, 11) is -4.03. The van der Waals surface area contributed by atoms with Crippen molar-refractivity contribution in [2.75, 3.05) is 12.3 Å². The average Bonchev–Trinajstić information content (AvgIpc) is 2.43. The molecule has 0 atom stereocenters. The Balaban J connectivity index is 2.05. The van der Waals surface area contributed by atoms with Crippen LogP contribution in [0.25, 0.3) is 0 Å². The van der Waals surface area contributed by atoms with Gasteiger partial charge < -0.3 is 5.73 Å². The van der Waals surface area contributed by atoms with Crippen LogP contribution in [0.2, 0.25) is 0 Å². The van der Waals surface area contributed by atoms with E-state index in [0.717, 1.165) is 31.7 Å². The zero-order valence-electron chi connectivity index (χ0n) is 11.5. The summed E-state index contributed by atoms with van der Waals surface area (Å²) in [4.78, 5) is -0.626. The number of hydrogen-bond acceptors (Lipinski definition) is 3. The van der Waals surface area contributed by atoms with Crippen molar-refractivity contribution in [2.45, 2.75) is 37.0 Å². The largest absolute Gasteiger partial charge is 0.396 e. The van der Waals surface area contributed by atoms with Crippen LogP contribution >= 0.6 is 0 Å². The van der Waals surface area contributed by atoms with Crippen LogP contribution in [0.15, 0.2) is 28.7 Å². The number of nitrogens with two attached hydrogens (primary N) is 1. The quantitative estimate of drug-likeness (QED) is 0.648. The van der Waals surface area contributed by atoms with Gasteiger partial charge in [0.1, 0.15) is 16.5 Å². The summed E-state index contributed by atoms with van der Waals surface area (Å²) in [5.74, 6) is -2.12. The second-order valence-electron chi connectivity index (χ2n) is 5.06. The standard InChI is InChI=1S/C14H18F2N2O2S/c15-11-8-12(16)14(9-13(11)17)21(19,20)18-7-6-10-4-2-1-3-5-10/h4,8-9,18H,1-3,5-7,17H2. The van der Waals surface area contributed by atoms with E-state index >= 15 is 0 Å². The number of nitrogen functional groups attached to an aromatic ring is 1.